The fourth-order valence-corrected chi connectivity index (χ4v) is 2.51. The average molecular weight is 392 g/mol. The van der Waals surface area contributed by atoms with Crippen LogP contribution in [0.4, 0.5) is 8.78 Å². The molecule has 0 amide bonds. The topological polar surface area (TPSA) is 9.23 Å². The predicted octanol–water partition coefficient (Wildman–Crippen LogP) is 5.21. The lowest BCUT2D eigenvalue weighted by atomic mass is 10.2. The first-order valence-corrected chi connectivity index (χ1v) is 7.11. The molecule has 0 fully saturated rings. The molecular formula is C14H10Br2F2O. The fourth-order valence-electron chi connectivity index (χ4n) is 1.60. The second-order valence-electron chi connectivity index (χ2n) is 3.89. The van der Waals surface area contributed by atoms with Crippen molar-refractivity contribution in [2.45, 2.75) is 13.2 Å². The molecule has 0 saturated heterocycles. The van der Waals surface area contributed by atoms with Gasteiger partial charge in [0.25, 0.3) is 0 Å². The summed E-state index contributed by atoms with van der Waals surface area (Å²) in [7, 11) is 0. The summed E-state index contributed by atoms with van der Waals surface area (Å²) in [6.07, 6.45) is 0. The second kappa shape index (κ2) is 6.59. The molecule has 2 aromatic rings. The minimum absolute atomic E-state index is 0.0774. The Kier molecular flexibility index (Phi) is 5.07. The highest BCUT2D eigenvalue weighted by Crippen LogP contribution is 2.23. The van der Waals surface area contributed by atoms with Crippen LogP contribution < -0.4 is 0 Å². The summed E-state index contributed by atoms with van der Waals surface area (Å²) >= 11 is 6.52. The van der Waals surface area contributed by atoms with Gasteiger partial charge in [0.05, 0.1) is 13.2 Å². The molecule has 0 unspecified atom stereocenters. The molecule has 0 spiro atoms. The van der Waals surface area contributed by atoms with Gasteiger partial charge in [0.1, 0.15) is 11.6 Å². The molecule has 0 aromatic heterocycles. The van der Waals surface area contributed by atoms with Crippen LogP contribution in [0, 0.1) is 11.6 Å². The Bertz CT molecular complexity index is 496. The smallest absolute Gasteiger partial charge is 0.129 e. The van der Waals surface area contributed by atoms with E-state index in [9.17, 15) is 8.78 Å². The van der Waals surface area contributed by atoms with Gasteiger partial charge < -0.3 is 4.74 Å². The van der Waals surface area contributed by atoms with Crippen LogP contribution in [0.25, 0.3) is 0 Å². The Hall–Kier alpha value is -0.780. The molecule has 0 heterocycles. The standard InChI is InChI=1S/C14H10Br2F2O/c15-11-3-1-5-13(17)9(11)7-19-8-10-12(16)4-2-6-14(10)18/h1-6H,7-8H2. The molecular weight excluding hydrogens is 382 g/mol. The molecule has 0 atom stereocenters. The zero-order valence-electron chi connectivity index (χ0n) is 9.80. The zero-order valence-corrected chi connectivity index (χ0v) is 13.0. The molecule has 2 rings (SSSR count). The van der Waals surface area contributed by atoms with E-state index in [-0.39, 0.29) is 24.8 Å². The van der Waals surface area contributed by atoms with Crippen molar-refractivity contribution in [3.8, 4) is 0 Å². The van der Waals surface area contributed by atoms with E-state index in [0.29, 0.717) is 20.1 Å². The number of ether oxygens (including phenoxy) is 1. The molecule has 0 aliphatic heterocycles. The van der Waals surface area contributed by atoms with Gasteiger partial charge in [-0.1, -0.05) is 44.0 Å². The molecule has 0 radical (unpaired) electrons. The van der Waals surface area contributed by atoms with Crippen LogP contribution in [-0.4, -0.2) is 0 Å². The van der Waals surface area contributed by atoms with E-state index in [2.05, 4.69) is 31.9 Å². The van der Waals surface area contributed by atoms with Crippen LogP contribution in [0.15, 0.2) is 45.3 Å². The Morgan fingerprint density at radius 1 is 0.789 bits per heavy atom. The van der Waals surface area contributed by atoms with Gasteiger partial charge in [0.2, 0.25) is 0 Å². The lowest BCUT2D eigenvalue weighted by molar-refractivity contribution is 0.102. The van der Waals surface area contributed by atoms with E-state index in [1.807, 2.05) is 0 Å². The summed E-state index contributed by atoms with van der Waals surface area (Å²) in [6.45, 7) is 0.155. The quantitative estimate of drug-likeness (QED) is 0.695. The molecule has 0 aliphatic carbocycles. The van der Waals surface area contributed by atoms with Crippen molar-refractivity contribution >= 4 is 31.9 Å². The van der Waals surface area contributed by atoms with Crippen molar-refractivity contribution in [2.24, 2.45) is 0 Å². The number of halogens is 4. The SMILES string of the molecule is Fc1cccc(Br)c1COCc1c(F)cccc1Br. The Labute approximate surface area is 126 Å². The van der Waals surface area contributed by atoms with E-state index in [4.69, 9.17) is 4.74 Å². The molecule has 0 bridgehead atoms. The van der Waals surface area contributed by atoms with Gasteiger partial charge in [-0.3, -0.25) is 0 Å². The normalized spacial score (nSPS) is 10.7. The highest BCUT2D eigenvalue weighted by Gasteiger charge is 2.09. The molecule has 100 valence electrons. The van der Waals surface area contributed by atoms with Crippen molar-refractivity contribution < 1.29 is 13.5 Å². The third-order valence-electron chi connectivity index (χ3n) is 2.62. The number of hydrogen-bond donors (Lipinski definition) is 0. The summed E-state index contributed by atoms with van der Waals surface area (Å²) in [4.78, 5) is 0. The maximum atomic E-state index is 13.5. The van der Waals surface area contributed by atoms with E-state index < -0.39 is 0 Å². The minimum Gasteiger partial charge on any atom is -0.372 e. The summed E-state index contributed by atoms with van der Waals surface area (Å²) in [6, 6.07) is 9.42. The van der Waals surface area contributed by atoms with Crippen LogP contribution in [0.2, 0.25) is 0 Å². The molecule has 0 aliphatic rings. The maximum Gasteiger partial charge on any atom is 0.129 e. The Morgan fingerprint density at radius 2 is 1.21 bits per heavy atom. The average Bonchev–Trinajstić information content (AvgIpc) is 2.36. The van der Waals surface area contributed by atoms with E-state index in [1.54, 1.807) is 24.3 Å². The van der Waals surface area contributed by atoms with Gasteiger partial charge >= 0.3 is 0 Å². The Balaban J connectivity index is 2.05. The fraction of sp³-hybridized carbons (Fsp3) is 0.143. The third kappa shape index (κ3) is 3.61. The maximum absolute atomic E-state index is 13.5. The lowest BCUT2D eigenvalue weighted by Gasteiger charge is -2.09. The molecule has 1 nitrogen and oxygen atoms in total. The number of hydrogen-bond acceptors (Lipinski definition) is 1. The zero-order chi connectivity index (χ0) is 13.8. The van der Waals surface area contributed by atoms with Gasteiger partial charge in [-0.15, -0.1) is 0 Å². The predicted molar refractivity (Wildman–Crippen MR) is 76.7 cm³/mol. The van der Waals surface area contributed by atoms with Crippen LogP contribution in [0.5, 0.6) is 0 Å². The largest absolute Gasteiger partial charge is 0.372 e. The van der Waals surface area contributed by atoms with E-state index in [1.165, 1.54) is 12.1 Å². The highest BCUT2D eigenvalue weighted by atomic mass is 79.9. The van der Waals surface area contributed by atoms with Crippen LogP contribution in [0.1, 0.15) is 11.1 Å². The van der Waals surface area contributed by atoms with Crippen molar-refractivity contribution in [3.63, 3.8) is 0 Å². The van der Waals surface area contributed by atoms with Crippen molar-refractivity contribution in [2.75, 3.05) is 0 Å². The van der Waals surface area contributed by atoms with Gasteiger partial charge in [0, 0.05) is 20.1 Å². The first-order valence-electron chi connectivity index (χ1n) is 5.53. The van der Waals surface area contributed by atoms with Gasteiger partial charge in [0.15, 0.2) is 0 Å². The molecule has 19 heavy (non-hydrogen) atoms. The Morgan fingerprint density at radius 3 is 1.58 bits per heavy atom. The van der Waals surface area contributed by atoms with Gasteiger partial charge in [-0.25, -0.2) is 8.78 Å². The van der Waals surface area contributed by atoms with Crippen LogP contribution >= 0.6 is 31.9 Å². The molecule has 0 saturated carbocycles. The first-order chi connectivity index (χ1) is 9.09. The van der Waals surface area contributed by atoms with Gasteiger partial charge in [-0.2, -0.15) is 0 Å². The molecule has 2 aromatic carbocycles. The summed E-state index contributed by atoms with van der Waals surface area (Å²) in [5, 5.41) is 0. The van der Waals surface area contributed by atoms with E-state index >= 15 is 0 Å². The van der Waals surface area contributed by atoms with Crippen molar-refractivity contribution in [1.29, 1.82) is 0 Å². The van der Waals surface area contributed by atoms with Gasteiger partial charge in [-0.05, 0) is 24.3 Å². The molecule has 0 N–H and O–H groups in total. The number of rotatable bonds is 4. The van der Waals surface area contributed by atoms with Crippen LogP contribution in [0.3, 0.4) is 0 Å². The van der Waals surface area contributed by atoms with Crippen LogP contribution in [-0.2, 0) is 18.0 Å². The van der Waals surface area contributed by atoms with Crippen molar-refractivity contribution in [1.82, 2.24) is 0 Å². The highest BCUT2D eigenvalue weighted by molar-refractivity contribution is 9.10. The second-order valence-corrected chi connectivity index (χ2v) is 5.60. The monoisotopic (exact) mass is 390 g/mol. The van der Waals surface area contributed by atoms with E-state index in [0.717, 1.165) is 0 Å². The summed E-state index contributed by atoms with van der Waals surface area (Å²) in [5.74, 6) is -0.691. The third-order valence-corrected chi connectivity index (χ3v) is 4.10. The number of benzene rings is 2. The first kappa shape index (κ1) is 14.6. The lowest BCUT2D eigenvalue weighted by Crippen LogP contribution is -2.00. The summed E-state index contributed by atoms with van der Waals surface area (Å²) in [5.41, 5.74) is 0.852. The summed E-state index contributed by atoms with van der Waals surface area (Å²) < 4.78 is 33.7. The van der Waals surface area contributed by atoms with Crippen molar-refractivity contribution in [3.05, 3.63) is 68.1 Å². The molecule has 5 heteroatoms. The minimum atomic E-state index is -0.345.